The summed E-state index contributed by atoms with van der Waals surface area (Å²) < 4.78 is 1.63. The molecule has 5 aromatic carbocycles. The van der Waals surface area contributed by atoms with Crippen LogP contribution in [-0.2, 0) is 11.2 Å². The van der Waals surface area contributed by atoms with Gasteiger partial charge in [-0.3, -0.25) is 14.2 Å². The Balaban J connectivity index is 1.29. The summed E-state index contributed by atoms with van der Waals surface area (Å²) in [5.41, 5.74) is 5.97. The van der Waals surface area contributed by atoms with Crippen molar-refractivity contribution in [2.45, 2.75) is 13.3 Å². The average molecular weight is 635 g/mol. The van der Waals surface area contributed by atoms with E-state index in [-0.39, 0.29) is 18.0 Å². The Labute approximate surface area is 270 Å². The lowest BCUT2D eigenvalue weighted by Gasteiger charge is -2.17. The molecular weight excluding hydrogens is 605 g/mol. The van der Waals surface area contributed by atoms with Gasteiger partial charge in [0.15, 0.2) is 0 Å². The Kier molecular flexibility index (Phi) is 8.82. The van der Waals surface area contributed by atoms with E-state index in [1.165, 1.54) is 0 Å². The number of hydrogen-bond donors (Lipinski definition) is 3. The first-order valence-electron chi connectivity index (χ1n) is 14.4. The summed E-state index contributed by atoms with van der Waals surface area (Å²) in [6.45, 7) is 2.07. The van der Waals surface area contributed by atoms with Crippen molar-refractivity contribution in [2.75, 3.05) is 22.5 Å². The molecule has 3 N–H and O–H groups in total. The van der Waals surface area contributed by atoms with Crippen molar-refractivity contribution in [3.63, 3.8) is 0 Å². The number of rotatable bonds is 9. The fourth-order valence-electron chi connectivity index (χ4n) is 5.12. The van der Waals surface area contributed by atoms with Crippen LogP contribution in [0.25, 0.3) is 16.6 Å². The maximum atomic E-state index is 13.9. The van der Waals surface area contributed by atoms with Crippen LogP contribution in [0.5, 0.6) is 0 Å². The average Bonchev–Trinajstić information content (AvgIpc) is 3.03. The number of hydrogen-bond acceptors (Lipinski definition) is 5. The molecule has 1 heterocycles. The third-order valence-electron chi connectivity index (χ3n) is 7.31. The van der Waals surface area contributed by atoms with E-state index in [2.05, 4.69) is 16.0 Å². The quantitative estimate of drug-likeness (QED) is 0.149. The molecule has 1 aromatic heterocycles. The molecule has 0 saturated carbocycles. The summed E-state index contributed by atoms with van der Waals surface area (Å²) in [7, 11) is 0. The van der Waals surface area contributed by atoms with Gasteiger partial charge in [-0.1, -0.05) is 71.7 Å². The third-order valence-corrected chi connectivity index (χ3v) is 7.94. The molecule has 0 bridgehead atoms. The molecule has 9 heteroatoms. The van der Waals surface area contributed by atoms with E-state index in [0.717, 1.165) is 28.2 Å². The lowest BCUT2D eigenvalue weighted by Crippen LogP contribution is -2.24. The Hall–Kier alpha value is -5.11. The zero-order valence-corrected chi connectivity index (χ0v) is 25.9. The molecule has 1 amide bonds. The molecule has 0 spiro atoms. The van der Waals surface area contributed by atoms with Gasteiger partial charge in [0.2, 0.25) is 5.91 Å². The Morgan fingerprint density at radius 3 is 2.29 bits per heavy atom. The number of benzene rings is 5. The van der Waals surface area contributed by atoms with Crippen molar-refractivity contribution in [1.82, 2.24) is 9.55 Å². The number of para-hydroxylation sites is 3. The molecule has 7 nitrogen and oxygen atoms in total. The van der Waals surface area contributed by atoms with Crippen LogP contribution >= 0.6 is 23.2 Å². The van der Waals surface area contributed by atoms with E-state index in [4.69, 9.17) is 28.2 Å². The Morgan fingerprint density at radius 2 is 1.51 bits per heavy atom. The molecule has 0 aliphatic carbocycles. The number of anilines is 4. The van der Waals surface area contributed by atoms with E-state index in [0.29, 0.717) is 44.6 Å². The van der Waals surface area contributed by atoms with E-state index in [9.17, 15) is 9.59 Å². The molecule has 224 valence electrons. The maximum absolute atomic E-state index is 13.9. The smallest absolute Gasteiger partial charge is 0.265 e. The van der Waals surface area contributed by atoms with Crippen molar-refractivity contribution in [2.24, 2.45) is 0 Å². The summed E-state index contributed by atoms with van der Waals surface area (Å²) in [5.74, 6) is 0.406. The first kappa shape index (κ1) is 29.9. The van der Waals surface area contributed by atoms with Crippen molar-refractivity contribution in [3.05, 3.63) is 153 Å². The molecular formula is C36H29Cl2N5O2. The highest BCUT2D eigenvalue weighted by atomic mass is 35.5. The van der Waals surface area contributed by atoms with Crippen molar-refractivity contribution in [3.8, 4) is 5.69 Å². The first-order valence-corrected chi connectivity index (χ1v) is 15.1. The van der Waals surface area contributed by atoms with Crippen LogP contribution in [0.3, 0.4) is 0 Å². The van der Waals surface area contributed by atoms with Gasteiger partial charge in [0.05, 0.1) is 38.9 Å². The number of halogens is 2. The number of nitrogens with zero attached hydrogens (tertiary/aromatic N) is 2. The van der Waals surface area contributed by atoms with Crippen molar-refractivity contribution < 1.29 is 4.79 Å². The van der Waals surface area contributed by atoms with E-state index >= 15 is 0 Å². The molecule has 0 saturated heterocycles. The summed E-state index contributed by atoms with van der Waals surface area (Å²) >= 11 is 12.9. The van der Waals surface area contributed by atoms with Gasteiger partial charge in [-0.2, -0.15) is 0 Å². The minimum atomic E-state index is -0.173. The second kappa shape index (κ2) is 13.3. The normalized spacial score (nSPS) is 10.9. The summed E-state index contributed by atoms with van der Waals surface area (Å²) in [5, 5.41) is 10.9. The highest BCUT2D eigenvalue weighted by Gasteiger charge is 2.16. The number of nitrogens with one attached hydrogen (secondary N) is 3. The van der Waals surface area contributed by atoms with E-state index in [1.54, 1.807) is 28.8 Å². The second-order valence-electron chi connectivity index (χ2n) is 10.6. The van der Waals surface area contributed by atoms with Gasteiger partial charge in [-0.25, -0.2) is 4.98 Å². The van der Waals surface area contributed by atoms with Crippen LogP contribution in [0.1, 0.15) is 17.0 Å². The molecule has 0 atom stereocenters. The van der Waals surface area contributed by atoms with Gasteiger partial charge in [-0.15, -0.1) is 0 Å². The molecule has 6 aromatic rings. The zero-order chi connectivity index (χ0) is 31.3. The fourth-order valence-corrected chi connectivity index (χ4v) is 5.61. The largest absolute Gasteiger partial charge is 0.376 e. The van der Waals surface area contributed by atoms with Crippen LogP contribution in [0.2, 0.25) is 10.0 Å². The zero-order valence-electron chi connectivity index (χ0n) is 24.4. The highest BCUT2D eigenvalue weighted by Crippen LogP contribution is 2.34. The SMILES string of the molecule is Cc1cccc(NC(=O)CNc2ccc(-n3c(Cc4ccccc4Nc4c(Cl)cccc4Cl)nc4ccccc4c3=O)cc2)c1. The van der Waals surface area contributed by atoms with Crippen LogP contribution in [-0.4, -0.2) is 22.0 Å². The number of carbonyl (C=O) groups excluding carboxylic acids is 1. The van der Waals surface area contributed by atoms with E-state index in [1.807, 2.05) is 97.9 Å². The molecule has 45 heavy (non-hydrogen) atoms. The minimum absolute atomic E-state index is 0.0925. The van der Waals surface area contributed by atoms with Gasteiger partial charge in [-0.05, 0) is 84.8 Å². The predicted molar refractivity (Wildman–Crippen MR) is 185 cm³/mol. The standard InChI is InChI=1S/C36H29Cl2N5O2/c1-23-8-6-10-26(20-23)40-34(44)22-39-25-16-18-27(19-17-25)43-33(41-32-15-5-3-11-28(32)36(43)45)21-24-9-2-4-14-31(24)42-35-29(37)12-7-13-30(35)38/h2-20,39,42H,21-22H2,1H3,(H,40,44). The third kappa shape index (κ3) is 6.85. The summed E-state index contributed by atoms with van der Waals surface area (Å²) in [6, 6.07) is 35.5. The number of amides is 1. The Bertz CT molecular complexity index is 2060. The maximum Gasteiger partial charge on any atom is 0.265 e. The lowest BCUT2D eigenvalue weighted by atomic mass is 10.1. The first-order chi connectivity index (χ1) is 21.9. The number of aromatic nitrogens is 2. The number of carbonyl (C=O) groups is 1. The molecule has 0 aliphatic rings. The molecule has 0 radical (unpaired) electrons. The second-order valence-corrected chi connectivity index (χ2v) is 11.4. The predicted octanol–water partition coefficient (Wildman–Crippen LogP) is 8.39. The highest BCUT2D eigenvalue weighted by molar-refractivity contribution is 6.39. The van der Waals surface area contributed by atoms with E-state index < -0.39 is 0 Å². The van der Waals surface area contributed by atoms with Crippen LogP contribution in [0.4, 0.5) is 22.7 Å². The van der Waals surface area contributed by atoms with Crippen molar-refractivity contribution >= 4 is 62.8 Å². The van der Waals surface area contributed by atoms with Crippen LogP contribution < -0.4 is 21.5 Å². The molecule has 0 fully saturated rings. The number of fused-ring (bicyclic) bond motifs is 1. The molecule has 0 aliphatic heterocycles. The van der Waals surface area contributed by atoms with Gasteiger partial charge in [0.25, 0.3) is 5.56 Å². The minimum Gasteiger partial charge on any atom is -0.376 e. The van der Waals surface area contributed by atoms with Crippen LogP contribution in [0.15, 0.2) is 120 Å². The van der Waals surface area contributed by atoms with Gasteiger partial charge >= 0.3 is 0 Å². The summed E-state index contributed by atoms with van der Waals surface area (Å²) in [6.07, 6.45) is 0.352. The van der Waals surface area contributed by atoms with Gasteiger partial charge in [0.1, 0.15) is 5.82 Å². The fraction of sp³-hybridized carbons (Fsp3) is 0.0833. The van der Waals surface area contributed by atoms with Crippen LogP contribution in [0, 0.1) is 6.92 Å². The van der Waals surface area contributed by atoms with Crippen molar-refractivity contribution in [1.29, 1.82) is 0 Å². The molecule has 0 unspecified atom stereocenters. The van der Waals surface area contributed by atoms with Gasteiger partial charge < -0.3 is 16.0 Å². The van der Waals surface area contributed by atoms with Gasteiger partial charge in [0, 0.05) is 23.5 Å². The Morgan fingerprint density at radius 1 is 0.800 bits per heavy atom. The molecule has 6 rings (SSSR count). The lowest BCUT2D eigenvalue weighted by molar-refractivity contribution is -0.114. The summed E-state index contributed by atoms with van der Waals surface area (Å²) in [4.78, 5) is 31.3. The topological polar surface area (TPSA) is 88.1 Å². The number of aryl methyl sites for hydroxylation is 1. The monoisotopic (exact) mass is 633 g/mol.